The topological polar surface area (TPSA) is 57.6 Å². The first kappa shape index (κ1) is 14.1. The predicted molar refractivity (Wildman–Crippen MR) is 70.9 cm³/mol. The molecule has 2 rings (SSSR count). The summed E-state index contributed by atoms with van der Waals surface area (Å²) in [6.45, 7) is 1.73. The van der Waals surface area contributed by atoms with Crippen molar-refractivity contribution in [3.05, 3.63) is 34.6 Å². The minimum Gasteiger partial charge on any atom is -0.480 e. The number of thioether (sulfide) groups is 1. The second-order valence-corrected chi connectivity index (χ2v) is 5.83. The van der Waals surface area contributed by atoms with Crippen LogP contribution in [0.2, 0.25) is 5.02 Å². The SMILES string of the molecule is CC1SCC(C(=O)O)N1C(=O)c1cccc(F)c1Cl. The lowest BCUT2D eigenvalue weighted by Gasteiger charge is -2.25. The molecule has 0 aliphatic carbocycles. The van der Waals surface area contributed by atoms with Crippen molar-refractivity contribution >= 4 is 35.2 Å². The normalized spacial score (nSPS) is 22.6. The number of benzene rings is 1. The minimum atomic E-state index is -1.07. The Hall–Kier alpha value is -1.27. The number of nitrogens with zero attached hydrogens (tertiary/aromatic N) is 1. The molecule has 1 aromatic carbocycles. The van der Waals surface area contributed by atoms with Crippen molar-refractivity contribution in [2.75, 3.05) is 5.75 Å². The summed E-state index contributed by atoms with van der Waals surface area (Å²) in [6.07, 6.45) is 0. The second kappa shape index (κ2) is 5.38. The molecule has 1 N–H and O–H groups in total. The molecule has 1 heterocycles. The van der Waals surface area contributed by atoms with Gasteiger partial charge in [-0.2, -0.15) is 0 Å². The quantitative estimate of drug-likeness (QED) is 0.912. The molecule has 0 saturated carbocycles. The first-order valence-electron chi connectivity index (χ1n) is 5.54. The van der Waals surface area contributed by atoms with E-state index in [9.17, 15) is 14.0 Å². The van der Waals surface area contributed by atoms with Crippen LogP contribution in [-0.2, 0) is 4.79 Å². The maximum absolute atomic E-state index is 13.4. The molecule has 102 valence electrons. The van der Waals surface area contributed by atoms with Crippen LogP contribution in [0.25, 0.3) is 0 Å². The maximum atomic E-state index is 13.4. The number of carboxylic acids is 1. The highest BCUT2D eigenvalue weighted by Crippen LogP contribution is 2.32. The van der Waals surface area contributed by atoms with Crippen molar-refractivity contribution in [2.45, 2.75) is 18.3 Å². The van der Waals surface area contributed by atoms with Crippen LogP contribution in [0.15, 0.2) is 18.2 Å². The fourth-order valence-corrected chi connectivity index (χ4v) is 3.32. The zero-order valence-corrected chi connectivity index (χ0v) is 11.5. The standard InChI is InChI=1S/C12H11ClFNO3S/c1-6-15(9(5-19-6)12(17)18)11(16)7-3-2-4-8(14)10(7)13/h2-4,6,9H,5H2,1H3,(H,17,18). The molecule has 2 atom stereocenters. The Morgan fingerprint density at radius 1 is 1.53 bits per heavy atom. The smallest absolute Gasteiger partial charge is 0.327 e. The van der Waals surface area contributed by atoms with Gasteiger partial charge in [0.05, 0.1) is 16.0 Å². The number of carboxylic acid groups (broad SMARTS) is 1. The van der Waals surface area contributed by atoms with Gasteiger partial charge in [0, 0.05) is 5.75 Å². The summed E-state index contributed by atoms with van der Waals surface area (Å²) >= 11 is 7.13. The third-order valence-corrected chi connectivity index (χ3v) is 4.53. The number of halogens is 2. The van der Waals surface area contributed by atoms with Crippen LogP contribution in [-0.4, -0.2) is 39.1 Å². The lowest BCUT2D eigenvalue weighted by Crippen LogP contribution is -2.44. The fourth-order valence-electron chi connectivity index (χ4n) is 1.95. The van der Waals surface area contributed by atoms with Crippen LogP contribution in [0, 0.1) is 5.82 Å². The molecular formula is C12H11ClFNO3S. The summed E-state index contributed by atoms with van der Waals surface area (Å²) in [4.78, 5) is 24.7. The summed E-state index contributed by atoms with van der Waals surface area (Å²) < 4.78 is 13.4. The van der Waals surface area contributed by atoms with Crippen LogP contribution >= 0.6 is 23.4 Å². The second-order valence-electron chi connectivity index (χ2n) is 4.10. The molecule has 0 bridgehead atoms. The van der Waals surface area contributed by atoms with Gasteiger partial charge in [-0.1, -0.05) is 17.7 Å². The van der Waals surface area contributed by atoms with Gasteiger partial charge in [-0.15, -0.1) is 11.8 Å². The van der Waals surface area contributed by atoms with Gasteiger partial charge in [-0.05, 0) is 19.1 Å². The van der Waals surface area contributed by atoms with Crippen LogP contribution in [0.5, 0.6) is 0 Å². The molecule has 19 heavy (non-hydrogen) atoms. The van der Waals surface area contributed by atoms with Crippen molar-refractivity contribution in [1.29, 1.82) is 0 Å². The van der Waals surface area contributed by atoms with E-state index < -0.39 is 23.7 Å². The van der Waals surface area contributed by atoms with E-state index in [4.69, 9.17) is 16.7 Å². The van der Waals surface area contributed by atoms with Gasteiger partial charge < -0.3 is 10.0 Å². The van der Waals surface area contributed by atoms with Gasteiger partial charge in [-0.3, -0.25) is 4.79 Å². The molecule has 1 aromatic rings. The molecule has 1 amide bonds. The molecule has 1 fully saturated rings. The molecule has 1 aliphatic rings. The Labute approximate surface area is 118 Å². The van der Waals surface area contributed by atoms with E-state index in [0.29, 0.717) is 5.75 Å². The first-order chi connectivity index (χ1) is 8.93. The number of amides is 1. The Bertz CT molecular complexity index is 540. The molecule has 2 unspecified atom stereocenters. The van der Waals surface area contributed by atoms with Crippen molar-refractivity contribution in [1.82, 2.24) is 4.90 Å². The Morgan fingerprint density at radius 2 is 2.21 bits per heavy atom. The van der Waals surface area contributed by atoms with Gasteiger partial charge in [0.1, 0.15) is 11.9 Å². The van der Waals surface area contributed by atoms with Crippen molar-refractivity contribution < 1.29 is 19.1 Å². The van der Waals surface area contributed by atoms with E-state index in [1.807, 2.05) is 0 Å². The highest BCUT2D eigenvalue weighted by atomic mass is 35.5. The van der Waals surface area contributed by atoms with Crippen LogP contribution in [0.1, 0.15) is 17.3 Å². The number of carbonyl (C=O) groups excluding carboxylic acids is 1. The zero-order valence-electron chi connectivity index (χ0n) is 9.97. The number of hydrogen-bond donors (Lipinski definition) is 1. The largest absolute Gasteiger partial charge is 0.480 e. The van der Waals surface area contributed by atoms with Crippen molar-refractivity contribution in [3.8, 4) is 0 Å². The van der Waals surface area contributed by atoms with Crippen molar-refractivity contribution in [3.63, 3.8) is 0 Å². The van der Waals surface area contributed by atoms with Gasteiger partial charge in [0.2, 0.25) is 0 Å². The minimum absolute atomic E-state index is 0.0118. The van der Waals surface area contributed by atoms with E-state index >= 15 is 0 Å². The molecular weight excluding hydrogens is 293 g/mol. The van der Waals surface area contributed by atoms with Crippen LogP contribution in [0.3, 0.4) is 0 Å². The van der Waals surface area contributed by atoms with E-state index in [1.54, 1.807) is 6.92 Å². The molecule has 7 heteroatoms. The summed E-state index contributed by atoms with van der Waals surface area (Å²) in [7, 11) is 0. The van der Waals surface area contributed by atoms with E-state index in [1.165, 1.54) is 28.8 Å². The molecule has 0 radical (unpaired) electrons. The number of hydrogen-bond acceptors (Lipinski definition) is 3. The van der Waals surface area contributed by atoms with E-state index in [2.05, 4.69) is 0 Å². The summed E-state index contributed by atoms with van der Waals surface area (Å²) in [5.74, 6) is -2.01. The Balaban J connectivity index is 2.37. The van der Waals surface area contributed by atoms with Gasteiger partial charge >= 0.3 is 5.97 Å². The Kier molecular flexibility index (Phi) is 4.01. The van der Waals surface area contributed by atoms with Crippen LogP contribution < -0.4 is 0 Å². The fraction of sp³-hybridized carbons (Fsp3) is 0.333. The van der Waals surface area contributed by atoms with Gasteiger partial charge in [-0.25, -0.2) is 9.18 Å². The number of rotatable bonds is 2. The Morgan fingerprint density at radius 3 is 2.84 bits per heavy atom. The average Bonchev–Trinajstić information content (AvgIpc) is 2.74. The predicted octanol–water partition coefficient (Wildman–Crippen LogP) is 2.47. The summed E-state index contributed by atoms with van der Waals surface area (Å²) in [5.41, 5.74) is -0.0118. The number of carbonyl (C=O) groups is 2. The van der Waals surface area contributed by atoms with Crippen LogP contribution in [0.4, 0.5) is 4.39 Å². The summed E-state index contributed by atoms with van der Waals surface area (Å²) in [5, 5.41) is 8.55. The highest BCUT2D eigenvalue weighted by Gasteiger charge is 2.40. The molecule has 0 aromatic heterocycles. The number of aliphatic carboxylic acids is 1. The third-order valence-electron chi connectivity index (χ3n) is 2.92. The third kappa shape index (κ3) is 2.55. The lowest BCUT2D eigenvalue weighted by atomic mass is 10.1. The molecule has 1 saturated heterocycles. The first-order valence-corrected chi connectivity index (χ1v) is 6.97. The molecule has 4 nitrogen and oxygen atoms in total. The van der Waals surface area contributed by atoms with E-state index in [-0.39, 0.29) is 16.0 Å². The van der Waals surface area contributed by atoms with Gasteiger partial charge in [0.15, 0.2) is 0 Å². The summed E-state index contributed by atoms with van der Waals surface area (Å²) in [6, 6.07) is 3.00. The average molecular weight is 304 g/mol. The molecule has 0 spiro atoms. The lowest BCUT2D eigenvalue weighted by molar-refractivity contribution is -0.141. The highest BCUT2D eigenvalue weighted by molar-refractivity contribution is 8.00. The zero-order chi connectivity index (χ0) is 14.2. The monoisotopic (exact) mass is 303 g/mol. The maximum Gasteiger partial charge on any atom is 0.327 e. The van der Waals surface area contributed by atoms with Crippen molar-refractivity contribution in [2.24, 2.45) is 0 Å². The van der Waals surface area contributed by atoms with Gasteiger partial charge in [0.25, 0.3) is 5.91 Å². The molecule has 1 aliphatic heterocycles. The van der Waals surface area contributed by atoms with E-state index in [0.717, 1.165) is 6.07 Å².